The van der Waals surface area contributed by atoms with Crippen LogP contribution in [-0.4, -0.2) is 4.98 Å². The van der Waals surface area contributed by atoms with E-state index in [1.165, 1.54) is 12.4 Å². The molecule has 0 bridgehead atoms. The Bertz CT molecular complexity index is 149. The van der Waals surface area contributed by atoms with Crippen LogP contribution in [0.2, 0.25) is 0 Å². The van der Waals surface area contributed by atoms with Crippen molar-refractivity contribution in [2.24, 2.45) is 0 Å². The van der Waals surface area contributed by atoms with E-state index in [2.05, 4.69) is 18.8 Å². The molecule has 0 radical (unpaired) electrons. The summed E-state index contributed by atoms with van der Waals surface area (Å²) in [6, 6.07) is 0. The smallest absolute Gasteiger partial charge is 0.0950 e. The molecule has 1 aromatic rings. The van der Waals surface area contributed by atoms with Gasteiger partial charge in [0, 0.05) is 18.9 Å². The average molecular weight is 145 g/mol. The van der Waals surface area contributed by atoms with E-state index in [0.29, 0.717) is 5.92 Å². The van der Waals surface area contributed by atoms with Gasteiger partial charge in [0.05, 0.1) is 5.01 Å². The first-order valence-electron chi connectivity index (χ1n) is 3.70. The molecular weight excluding hydrogens is 130 g/mol. The summed E-state index contributed by atoms with van der Waals surface area (Å²) in [7, 11) is 1.25. The van der Waals surface area contributed by atoms with Gasteiger partial charge in [0.1, 0.15) is 0 Å². The quantitative estimate of drug-likeness (QED) is 0.592. The molecule has 0 aliphatic heterocycles. The third-order valence-corrected chi connectivity index (χ3v) is 2.02. The lowest BCUT2D eigenvalue weighted by molar-refractivity contribution is 0.852. The highest BCUT2D eigenvalue weighted by atomic mass is 32.1. The van der Waals surface area contributed by atoms with Gasteiger partial charge in [-0.25, -0.2) is 4.98 Å². The van der Waals surface area contributed by atoms with Gasteiger partial charge in [0.15, 0.2) is 0 Å². The monoisotopic (exact) mass is 145 g/mol. The van der Waals surface area contributed by atoms with E-state index in [1.807, 2.05) is 11.6 Å². The first kappa shape index (κ1) is 6.75. The largest absolute Gasteiger partial charge is 0.249 e. The minimum atomic E-state index is 0.593. The van der Waals surface area contributed by atoms with Crippen LogP contribution >= 0.6 is 11.3 Å². The summed E-state index contributed by atoms with van der Waals surface area (Å²) in [5, 5.41) is 3.24. The van der Waals surface area contributed by atoms with E-state index >= 15 is 0 Å². The molecule has 0 spiro atoms. The molecule has 1 nitrogen and oxygen atoms in total. The van der Waals surface area contributed by atoms with Gasteiger partial charge in [-0.3, -0.25) is 0 Å². The third kappa shape index (κ3) is 2.14. The summed E-state index contributed by atoms with van der Waals surface area (Å²) in [6.07, 6.45) is 1.85. The fourth-order valence-electron chi connectivity index (χ4n) is 0.520. The lowest BCUT2D eigenvalue weighted by Crippen LogP contribution is -1.81. The molecule has 0 aromatic carbocycles. The molecular formula is C7H13NS. The summed E-state index contributed by atoms with van der Waals surface area (Å²) in [5.41, 5.74) is 0. The fourth-order valence-corrected chi connectivity index (χ4v) is 1.17. The van der Waals surface area contributed by atoms with E-state index in [-0.39, 0.29) is 0 Å². The topological polar surface area (TPSA) is 12.9 Å². The van der Waals surface area contributed by atoms with Crippen LogP contribution in [0, 0.1) is 0 Å². The summed E-state index contributed by atoms with van der Waals surface area (Å²) in [5.74, 6) is 0.593. The Labute approximate surface area is 62.2 Å². The van der Waals surface area contributed by atoms with Crippen LogP contribution in [0.1, 0.15) is 33.5 Å². The second kappa shape index (κ2) is 3.62. The minimum Gasteiger partial charge on any atom is -0.249 e. The molecule has 0 amide bonds. The van der Waals surface area contributed by atoms with Crippen molar-refractivity contribution in [3.05, 3.63) is 16.6 Å². The maximum atomic E-state index is 5.75. The van der Waals surface area contributed by atoms with Gasteiger partial charge < -0.3 is 0 Å². The van der Waals surface area contributed by atoms with Crippen LogP contribution in [0.25, 0.3) is 0 Å². The lowest BCUT2D eigenvalue weighted by atomic mass is 10.2. The van der Waals surface area contributed by atoms with Crippen molar-refractivity contribution in [3.63, 3.8) is 0 Å². The molecule has 0 aliphatic rings. The van der Waals surface area contributed by atoms with Crippen molar-refractivity contribution < 1.29 is 1.37 Å². The number of hydrogen-bond acceptors (Lipinski definition) is 2. The minimum absolute atomic E-state index is 0.593. The van der Waals surface area contributed by atoms with Crippen LogP contribution < -0.4 is 0 Å². The first-order valence-corrected chi connectivity index (χ1v) is 3.58. The van der Waals surface area contributed by atoms with Crippen LogP contribution in [-0.2, 0) is 0 Å². The van der Waals surface area contributed by atoms with Crippen LogP contribution in [0.4, 0.5) is 0 Å². The van der Waals surface area contributed by atoms with Crippen LogP contribution in [0.3, 0.4) is 0 Å². The number of hydrogen-bond donors (Lipinski definition) is 0. The van der Waals surface area contributed by atoms with Gasteiger partial charge >= 0.3 is 0 Å². The van der Waals surface area contributed by atoms with E-state index in [1.54, 1.807) is 11.3 Å². The first-order chi connectivity index (χ1) is 4.80. The van der Waals surface area contributed by atoms with Crippen LogP contribution in [0.5, 0.6) is 0 Å². The van der Waals surface area contributed by atoms with Crippen molar-refractivity contribution in [2.75, 3.05) is 0 Å². The van der Waals surface area contributed by atoms with Crippen LogP contribution in [0.15, 0.2) is 11.6 Å². The van der Waals surface area contributed by atoms with Gasteiger partial charge in [-0.2, -0.15) is 0 Å². The van der Waals surface area contributed by atoms with Crippen molar-refractivity contribution in [2.45, 2.75) is 27.2 Å². The Morgan fingerprint density at radius 2 is 2.44 bits per heavy atom. The Balaban J connectivity index is 0.000000371. The zero-order valence-corrected chi connectivity index (χ0v) is 6.90. The fraction of sp³-hybridized carbons (Fsp3) is 0.571. The summed E-state index contributed by atoms with van der Waals surface area (Å²) in [6.45, 7) is 4.30. The maximum Gasteiger partial charge on any atom is 0.0950 e. The molecule has 9 heavy (non-hydrogen) atoms. The Morgan fingerprint density at radius 3 is 2.67 bits per heavy atom. The number of nitrogens with zero attached hydrogens (tertiary/aromatic N) is 1. The predicted molar refractivity (Wildman–Crippen MR) is 42.9 cm³/mol. The third-order valence-electron chi connectivity index (χ3n) is 0.945. The SMILES string of the molecule is CC(C)c1nccs1.[3H]C. The lowest BCUT2D eigenvalue weighted by Gasteiger charge is -1.93. The van der Waals surface area contributed by atoms with Crippen molar-refractivity contribution >= 4 is 11.3 Å². The van der Waals surface area contributed by atoms with E-state index in [4.69, 9.17) is 1.37 Å². The summed E-state index contributed by atoms with van der Waals surface area (Å²) in [4.78, 5) is 4.13. The van der Waals surface area contributed by atoms with Crippen molar-refractivity contribution in [3.8, 4) is 0 Å². The Morgan fingerprint density at radius 1 is 1.78 bits per heavy atom. The second-order valence-electron chi connectivity index (χ2n) is 2.03. The molecule has 1 heterocycles. The van der Waals surface area contributed by atoms with Gasteiger partial charge in [0.25, 0.3) is 0 Å². The van der Waals surface area contributed by atoms with Crippen molar-refractivity contribution in [1.29, 1.82) is 0 Å². The molecule has 0 saturated heterocycles. The molecule has 0 atom stereocenters. The zero-order valence-electron chi connectivity index (χ0n) is 7.09. The van der Waals surface area contributed by atoms with Gasteiger partial charge in [0.2, 0.25) is 0 Å². The highest BCUT2D eigenvalue weighted by Gasteiger charge is 1.97. The molecule has 1 rings (SSSR count). The highest BCUT2D eigenvalue weighted by Crippen LogP contribution is 2.15. The maximum absolute atomic E-state index is 5.75. The molecule has 0 fully saturated rings. The zero-order chi connectivity index (χ0) is 7.98. The highest BCUT2D eigenvalue weighted by molar-refractivity contribution is 7.09. The van der Waals surface area contributed by atoms with E-state index in [9.17, 15) is 0 Å². The van der Waals surface area contributed by atoms with Gasteiger partial charge in [-0.15, -0.1) is 11.3 Å². The molecule has 0 N–H and O–H groups in total. The standard InChI is InChI=1S/C6H9NS.CH4/c1-5(2)6-7-3-4-8-6;/h3-5H,1-2H3;1H4/i;1T. The number of rotatable bonds is 1. The van der Waals surface area contributed by atoms with Gasteiger partial charge in [-0.1, -0.05) is 21.3 Å². The van der Waals surface area contributed by atoms with Gasteiger partial charge in [-0.05, 0) is 0 Å². The summed E-state index contributed by atoms with van der Waals surface area (Å²) >= 11 is 1.72. The Hall–Kier alpha value is -0.370. The normalized spacial score (nSPS) is 10.0. The number of aromatic nitrogens is 1. The molecule has 1 aromatic heterocycles. The van der Waals surface area contributed by atoms with Crippen molar-refractivity contribution in [1.82, 2.24) is 4.98 Å². The average Bonchev–Trinajstić information content (AvgIpc) is 2.42. The molecule has 0 saturated carbocycles. The molecule has 0 aliphatic carbocycles. The van der Waals surface area contributed by atoms with E-state index < -0.39 is 0 Å². The predicted octanol–water partition coefficient (Wildman–Crippen LogP) is 2.90. The van der Waals surface area contributed by atoms with E-state index in [0.717, 1.165) is 0 Å². The number of thiazole rings is 1. The second-order valence-corrected chi connectivity index (χ2v) is 2.95. The Kier molecular flexibility index (Phi) is 2.71. The summed E-state index contributed by atoms with van der Waals surface area (Å²) < 4.78 is 5.75. The molecule has 52 valence electrons. The molecule has 0 unspecified atom stereocenters. The molecule has 2 heteroatoms.